The van der Waals surface area contributed by atoms with Gasteiger partial charge in [0.25, 0.3) is 5.91 Å². The number of anilines is 3. The van der Waals surface area contributed by atoms with Crippen LogP contribution in [0.4, 0.5) is 16.6 Å². The van der Waals surface area contributed by atoms with Crippen LogP contribution in [0.3, 0.4) is 0 Å². The fourth-order valence-electron chi connectivity index (χ4n) is 2.85. The number of pyridine rings is 1. The number of nitrogens with zero attached hydrogens (tertiary/aromatic N) is 2. The van der Waals surface area contributed by atoms with E-state index in [-0.39, 0.29) is 23.9 Å². The number of carbonyl (C=O) groups is 2. The SMILES string of the molecule is CCOC(=O)c1cccnc1NNC(=O)c1ccc(Nc2nc3ccc(Cl)cc3s2)cc1. The summed E-state index contributed by atoms with van der Waals surface area (Å²) in [6.45, 7) is 1.96. The van der Waals surface area contributed by atoms with Crippen molar-refractivity contribution in [3.8, 4) is 0 Å². The Labute approximate surface area is 192 Å². The van der Waals surface area contributed by atoms with Crippen molar-refractivity contribution in [3.05, 3.63) is 76.9 Å². The van der Waals surface area contributed by atoms with E-state index in [9.17, 15) is 9.59 Å². The van der Waals surface area contributed by atoms with Crippen molar-refractivity contribution in [1.29, 1.82) is 0 Å². The first-order chi connectivity index (χ1) is 15.5. The van der Waals surface area contributed by atoms with Gasteiger partial charge in [0.05, 0.1) is 16.8 Å². The average molecular weight is 468 g/mol. The molecule has 0 radical (unpaired) electrons. The fourth-order valence-corrected chi connectivity index (χ4v) is 4.01. The lowest BCUT2D eigenvalue weighted by Gasteiger charge is -2.11. The summed E-state index contributed by atoms with van der Waals surface area (Å²) in [5.74, 6) is -0.704. The molecule has 0 fully saturated rings. The third-order valence-electron chi connectivity index (χ3n) is 4.35. The van der Waals surface area contributed by atoms with E-state index in [4.69, 9.17) is 16.3 Å². The lowest BCUT2D eigenvalue weighted by molar-refractivity contribution is 0.0526. The van der Waals surface area contributed by atoms with E-state index >= 15 is 0 Å². The second kappa shape index (κ2) is 9.63. The quantitative estimate of drug-likeness (QED) is 0.259. The van der Waals surface area contributed by atoms with Gasteiger partial charge in [-0.05, 0) is 61.5 Å². The summed E-state index contributed by atoms with van der Waals surface area (Å²) in [6.07, 6.45) is 1.51. The smallest absolute Gasteiger partial charge is 0.341 e. The molecule has 4 rings (SSSR count). The topological polar surface area (TPSA) is 105 Å². The molecule has 0 spiro atoms. The Balaban J connectivity index is 1.40. The lowest BCUT2D eigenvalue weighted by atomic mass is 10.2. The molecular formula is C22H18ClN5O3S. The minimum absolute atomic E-state index is 0.202. The molecule has 8 nitrogen and oxygen atoms in total. The number of benzene rings is 2. The molecule has 0 aliphatic rings. The van der Waals surface area contributed by atoms with Crippen molar-refractivity contribution >= 4 is 61.7 Å². The van der Waals surface area contributed by atoms with Gasteiger partial charge in [-0.3, -0.25) is 15.6 Å². The Kier molecular flexibility index (Phi) is 6.48. The summed E-state index contributed by atoms with van der Waals surface area (Å²) in [5.41, 5.74) is 7.52. The lowest BCUT2D eigenvalue weighted by Crippen LogP contribution is -2.30. The van der Waals surface area contributed by atoms with Crippen molar-refractivity contribution in [3.63, 3.8) is 0 Å². The van der Waals surface area contributed by atoms with Gasteiger partial charge in [0.2, 0.25) is 0 Å². The van der Waals surface area contributed by atoms with E-state index in [2.05, 4.69) is 26.1 Å². The molecule has 2 heterocycles. The van der Waals surface area contributed by atoms with Crippen LogP contribution in [-0.4, -0.2) is 28.5 Å². The van der Waals surface area contributed by atoms with Gasteiger partial charge in [-0.1, -0.05) is 22.9 Å². The van der Waals surface area contributed by atoms with E-state index in [1.54, 1.807) is 49.4 Å². The predicted molar refractivity (Wildman–Crippen MR) is 126 cm³/mol. The molecule has 0 bridgehead atoms. The number of fused-ring (bicyclic) bond motifs is 1. The number of aromatic nitrogens is 2. The highest BCUT2D eigenvalue weighted by Gasteiger charge is 2.14. The van der Waals surface area contributed by atoms with Crippen LogP contribution in [-0.2, 0) is 4.74 Å². The van der Waals surface area contributed by atoms with Crippen molar-refractivity contribution in [2.24, 2.45) is 0 Å². The summed E-state index contributed by atoms with van der Waals surface area (Å²) in [7, 11) is 0. The number of hydrazine groups is 1. The zero-order chi connectivity index (χ0) is 22.5. The number of rotatable bonds is 7. The van der Waals surface area contributed by atoms with Gasteiger partial charge in [-0.2, -0.15) is 0 Å². The molecule has 2 aromatic carbocycles. The molecule has 0 saturated heterocycles. The fraction of sp³-hybridized carbons (Fsp3) is 0.0909. The summed E-state index contributed by atoms with van der Waals surface area (Å²) in [4.78, 5) is 33.1. The molecule has 1 amide bonds. The molecule has 162 valence electrons. The normalized spacial score (nSPS) is 10.6. The second-order valence-corrected chi connectivity index (χ2v) is 8.00. The number of hydrogen-bond donors (Lipinski definition) is 3. The Morgan fingerprint density at radius 3 is 2.72 bits per heavy atom. The van der Waals surface area contributed by atoms with E-state index in [0.717, 1.165) is 21.0 Å². The highest BCUT2D eigenvalue weighted by atomic mass is 35.5. The van der Waals surface area contributed by atoms with Gasteiger partial charge < -0.3 is 10.1 Å². The van der Waals surface area contributed by atoms with Crippen LogP contribution in [0.1, 0.15) is 27.6 Å². The molecule has 4 aromatic rings. The average Bonchev–Trinajstić information content (AvgIpc) is 3.19. The van der Waals surface area contributed by atoms with Gasteiger partial charge >= 0.3 is 5.97 Å². The number of carbonyl (C=O) groups excluding carboxylic acids is 2. The molecule has 0 atom stereocenters. The highest BCUT2D eigenvalue weighted by molar-refractivity contribution is 7.22. The van der Waals surface area contributed by atoms with Crippen LogP contribution in [0, 0.1) is 0 Å². The van der Waals surface area contributed by atoms with Gasteiger partial charge in [0.15, 0.2) is 10.9 Å². The summed E-state index contributed by atoms with van der Waals surface area (Å²) < 4.78 is 5.98. The molecule has 2 aromatic heterocycles. The number of esters is 1. The van der Waals surface area contributed by atoms with Crippen LogP contribution < -0.4 is 16.2 Å². The van der Waals surface area contributed by atoms with E-state index in [0.29, 0.717) is 10.6 Å². The van der Waals surface area contributed by atoms with Gasteiger partial charge in [0, 0.05) is 22.5 Å². The van der Waals surface area contributed by atoms with Crippen molar-refractivity contribution < 1.29 is 14.3 Å². The monoisotopic (exact) mass is 467 g/mol. The second-order valence-electron chi connectivity index (χ2n) is 6.53. The van der Waals surface area contributed by atoms with Gasteiger partial charge in [-0.15, -0.1) is 0 Å². The van der Waals surface area contributed by atoms with Crippen molar-refractivity contribution in [2.75, 3.05) is 17.3 Å². The van der Waals surface area contributed by atoms with E-state index in [1.165, 1.54) is 17.5 Å². The summed E-state index contributed by atoms with van der Waals surface area (Å²) in [5, 5.41) is 4.61. The maximum atomic E-state index is 12.5. The van der Waals surface area contributed by atoms with Crippen molar-refractivity contribution in [1.82, 2.24) is 15.4 Å². The van der Waals surface area contributed by atoms with E-state index < -0.39 is 5.97 Å². The maximum Gasteiger partial charge on any atom is 0.341 e. The molecule has 10 heteroatoms. The van der Waals surface area contributed by atoms with Crippen molar-refractivity contribution in [2.45, 2.75) is 6.92 Å². The van der Waals surface area contributed by atoms with E-state index in [1.807, 2.05) is 12.1 Å². The van der Waals surface area contributed by atoms with Gasteiger partial charge in [-0.25, -0.2) is 14.8 Å². The standard InChI is InChI=1S/C22H18ClN5O3S/c1-2-31-21(30)16-4-3-11-24-19(16)27-28-20(29)13-5-8-15(9-6-13)25-22-26-17-10-7-14(23)12-18(17)32-22/h3-12H,2H2,1H3,(H,24,27)(H,25,26)(H,28,29). The Hall–Kier alpha value is -3.69. The largest absolute Gasteiger partial charge is 0.462 e. The van der Waals surface area contributed by atoms with Crippen LogP contribution in [0.25, 0.3) is 10.2 Å². The van der Waals surface area contributed by atoms with Crippen LogP contribution in [0.2, 0.25) is 5.02 Å². The first-order valence-corrected chi connectivity index (χ1v) is 10.8. The van der Waals surface area contributed by atoms with Crippen LogP contribution >= 0.6 is 22.9 Å². The van der Waals surface area contributed by atoms with Gasteiger partial charge in [0.1, 0.15) is 5.56 Å². The number of nitrogens with one attached hydrogen (secondary N) is 3. The summed E-state index contributed by atoms with van der Waals surface area (Å²) in [6, 6.07) is 15.6. The van der Waals surface area contributed by atoms with Crippen LogP contribution in [0.5, 0.6) is 0 Å². The number of ether oxygens (including phenoxy) is 1. The molecule has 0 aliphatic heterocycles. The third kappa shape index (κ3) is 4.96. The Morgan fingerprint density at radius 2 is 1.94 bits per heavy atom. The zero-order valence-corrected chi connectivity index (χ0v) is 18.5. The Morgan fingerprint density at radius 1 is 1.12 bits per heavy atom. The zero-order valence-electron chi connectivity index (χ0n) is 16.9. The number of thiazole rings is 1. The number of hydrogen-bond acceptors (Lipinski definition) is 8. The summed E-state index contributed by atoms with van der Waals surface area (Å²) >= 11 is 7.52. The molecule has 0 saturated carbocycles. The Bertz CT molecular complexity index is 1280. The molecule has 32 heavy (non-hydrogen) atoms. The highest BCUT2D eigenvalue weighted by Crippen LogP contribution is 2.30. The predicted octanol–water partition coefficient (Wildman–Crippen LogP) is 5.02. The minimum atomic E-state index is -0.523. The molecule has 0 unspecified atom stereocenters. The first-order valence-electron chi connectivity index (χ1n) is 9.65. The number of halogens is 1. The molecule has 0 aliphatic carbocycles. The molecular weight excluding hydrogens is 450 g/mol. The minimum Gasteiger partial charge on any atom is -0.462 e. The number of amides is 1. The third-order valence-corrected chi connectivity index (χ3v) is 5.52. The maximum absolute atomic E-state index is 12.5. The first kappa shape index (κ1) is 21.5. The molecule has 3 N–H and O–H groups in total. The van der Waals surface area contributed by atoms with Crippen LogP contribution in [0.15, 0.2) is 60.8 Å².